The van der Waals surface area contributed by atoms with Crippen LogP contribution in [0.5, 0.6) is 0 Å². The standard InChI is InChI=1S/C11H21N2/c1-3-5-6-11-7-8-13(4-2,9-11)10-12/h11H,3-9H2,1-2H3/q+1. The second-order valence-corrected chi connectivity index (χ2v) is 4.26. The van der Waals surface area contributed by atoms with E-state index in [0.717, 1.165) is 25.6 Å². The fourth-order valence-corrected chi connectivity index (χ4v) is 2.28. The van der Waals surface area contributed by atoms with E-state index in [0.29, 0.717) is 4.48 Å². The summed E-state index contributed by atoms with van der Waals surface area (Å²) in [4.78, 5) is 0. The van der Waals surface area contributed by atoms with E-state index < -0.39 is 0 Å². The van der Waals surface area contributed by atoms with Gasteiger partial charge in [0.25, 0.3) is 0 Å². The number of hydrogen-bond donors (Lipinski definition) is 0. The molecule has 13 heavy (non-hydrogen) atoms. The molecule has 0 aromatic rings. The summed E-state index contributed by atoms with van der Waals surface area (Å²) in [5.74, 6) is 0.819. The number of nitriles is 1. The van der Waals surface area contributed by atoms with Crippen molar-refractivity contribution in [1.82, 2.24) is 0 Å². The van der Waals surface area contributed by atoms with Gasteiger partial charge in [0.2, 0.25) is 0 Å². The highest BCUT2D eigenvalue weighted by Gasteiger charge is 2.36. The number of hydrogen-bond acceptors (Lipinski definition) is 1. The molecule has 2 unspecified atom stereocenters. The van der Waals surface area contributed by atoms with Gasteiger partial charge in [-0.1, -0.05) is 19.8 Å². The summed E-state index contributed by atoms with van der Waals surface area (Å²) in [5, 5.41) is 9.08. The molecule has 1 aliphatic rings. The molecule has 1 fully saturated rings. The molecule has 0 aromatic carbocycles. The Hall–Kier alpha value is -0.550. The maximum atomic E-state index is 9.08. The molecule has 0 bridgehead atoms. The Morgan fingerprint density at radius 1 is 1.46 bits per heavy atom. The maximum absolute atomic E-state index is 9.08. The molecule has 0 N–H and O–H groups in total. The molecule has 2 atom stereocenters. The van der Waals surface area contributed by atoms with Gasteiger partial charge in [0.05, 0.1) is 19.6 Å². The fourth-order valence-electron chi connectivity index (χ4n) is 2.28. The Morgan fingerprint density at radius 2 is 2.23 bits per heavy atom. The van der Waals surface area contributed by atoms with Crippen molar-refractivity contribution in [1.29, 1.82) is 5.26 Å². The minimum atomic E-state index is 0.703. The van der Waals surface area contributed by atoms with Gasteiger partial charge in [-0.3, -0.25) is 0 Å². The monoisotopic (exact) mass is 181 g/mol. The number of rotatable bonds is 4. The predicted octanol–water partition coefficient (Wildman–Crippen LogP) is 2.51. The van der Waals surface area contributed by atoms with E-state index in [4.69, 9.17) is 5.26 Å². The van der Waals surface area contributed by atoms with Crippen LogP contribution in [0.2, 0.25) is 0 Å². The normalized spacial score (nSPS) is 33.2. The smallest absolute Gasteiger partial charge is 0.224 e. The zero-order chi connectivity index (χ0) is 9.73. The van der Waals surface area contributed by atoms with Crippen LogP contribution in [-0.4, -0.2) is 24.1 Å². The molecule has 0 aromatic heterocycles. The van der Waals surface area contributed by atoms with Crippen LogP contribution in [-0.2, 0) is 0 Å². The Balaban J connectivity index is 2.39. The lowest BCUT2D eigenvalue weighted by atomic mass is 10.0. The molecular weight excluding hydrogens is 160 g/mol. The lowest BCUT2D eigenvalue weighted by Gasteiger charge is -2.22. The summed E-state index contributed by atoms with van der Waals surface area (Å²) < 4.78 is 0.703. The van der Waals surface area contributed by atoms with Crippen molar-refractivity contribution < 1.29 is 4.48 Å². The van der Waals surface area contributed by atoms with Crippen LogP contribution >= 0.6 is 0 Å². The van der Waals surface area contributed by atoms with Crippen LogP contribution < -0.4 is 0 Å². The number of nitrogens with zero attached hydrogens (tertiary/aromatic N) is 2. The first-order valence-corrected chi connectivity index (χ1v) is 5.53. The third-order valence-electron chi connectivity index (χ3n) is 3.36. The fraction of sp³-hybridized carbons (Fsp3) is 0.909. The topological polar surface area (TPSA) is 23.8 Å². The van der Waals surface area contributed by atoms with Crippen molar-refractivity contribution in [2.45, 2.75) is 39.5 Å². The maximum Gasteiger partial charge on any atom is 0.308 e. The molecule has 1 rings (SSSR count). The van der Waals surface area contributed by atoms with Crippen LogP contribution in [0, 0.1) is 17.4 Å². The number of unbranched alkanes of at least 4 members (excludes halogenated alkanes) is 1. The second kappa shape index (κ2) is 4.62. The largest absolute Gasteiger partial charge is 0.308 e. The molecular formula is C11H21N2+. The highest BCUT2D eigenvalue weighted by molar-refractivity contribution is 4.72. The predicted molar refractivity (Wildman–Crippen MR) is 53.8 cm³/mol. The molecule has 0 aliphatic carbocycles. The molecule has 2 nitrogen and oxygen atoms in total. The van der Waals surface area contributed by atoms with Crippen LogP contribution in [0.3, 0.4) is 0 Å². The quantitative estimate of drug-likeness (QED) is 0.483. The number of quaternary nitrogens is 1. The van der Waals surface area contributed by atoms with E-state index in [9.17, 15) is 0 Å². The molecule has 0 spiro atoms. The zero-order valence-electron chi connectivity index (χ0n) is 8.92. The molecule has 0 radical (unpaired) electrons. The molecule has 1 aliphatic heterocycles. The van der Waals surface area contributed by atoms with Gasteiger partial charge in [0, 0.05) is 12.3 Å². The molecule has 0 amide bonds. The average Bonchev–Trinajstić information content (AvgIpc) is 2.59. The molecule has 1 saturated heterocycles. The van der Waals surface area contributed by atoms with E-state index in [2.05, 4.69) is 20.0 Å². The zero-order valence-corrected chi connectivity index (χ0v) is 8.92. The van der Waals surface area contributed by atoms with Gasteiger partial charge in [0.15, 0.2) is 0 Å². The Bertz CT molecular complexity index is 195. The van der Waals surface area contributed by atoms with Gasteiger partial charge in [-0.2, -0.15) is 0 Å². The molecule has 1 heterocycles. The molecule has 0 saturated carbocycles. The summed E-state index contributed by atoms with van der Waals surface area (Å²) >= 11 is 0. The van der Waals surface area contributed by atoms with Gasteiger partial charge in [-0.25, -0.2) is 4.48 Å². The summed E-state index contributed by atoms with van der Waals surface area (Å²) in [5.41, 5.74) is 0. The van der Waals surface area contributed by atoms with Gasteiger partial charge in [-0.05, 0) is 13.3 Å². The first-order chi connectivity index (χ1) is 6.26. The molecule has 74 valence electrons. The minimum Gasteiger partial charge on any atom is -0.224 e. The first kappa shape index (κ1) is 10.5. The highest BCUT2D eigenvalue weighted by Crippen LogP contribution is 2.27. The lowest BCUT2D eigenvalue weighted by Crippen LogP contribution is -2.40. The summed E-state index contributed by atoms with van der Waals surface area (Å²) in [6.45, 7) is 7.54. The van der Waals surface area contributed by atoms with Crippen LogP contribution in [0.25, 0.3) is 0 Å². The third-order valence-corrected chi connectivity index (χ3v) is 3.36. The molecule has 2 heteroatoms. The third kappa shape index (κ3) is 2.45. The first-order valence-electron chi connectivity index (χ1n) is 5.53. The Morgan fingerprint density at radius 3 is 2.69 bits per heavy atom. The van der Waals surface area contributed by atoms with Crippen LogP contribution in [0.15, 0.2) is 0 Å². The van der Waals surface area contributed by atoms with Crippen molar-refractivity contribution in [2.24, 2.45) is 5.92 Å². The van der Waals surface area contributed by atoms with Crippen LogP contribution in [0.4, 0.5) is 0 Å². The number of likely N-dealkylation sites (tertiary alicyclic amines) is 1. The summed E-state index contributed by atoms with van der Waals surface area (Å²) in [6, 6.07) is 0. The summed E-state index contributed by atoms with van der Waals surface area (Å²) in [7, 11) is 0. The van der Waals surface area contributed by atoms with Crippen molar-refractivity contribution in [3.05, 3.63) is 0 Å². The van der Waals surface area contributed by atoms with E-state index in [1.807, 2.05) is 0 Å². The van der Waals surface area contributed by atoms with Gasteiger partial charge >= 0.3 is 6.19 Å². The van der Waals surface area contributed by atoms with E-state index in [1.165, 1.54) is 25.7 Å². The highest BCUT2D eigenvalue weighted by atomic mass is 15.4. The van der Waals surface area contributed by atoms with E-state index in [1.54, 1.807) is 0 Å². The van der Waals surface area contributed by atoms with Crippen molar-refractivity contribution in [3.8, 4) is 6.19 Å². The van der Waals surface area contributed by atoms with Crippen LogP contribution in [0.1, 0.15) is 39.5 Å². The lowest BCUT2D eigenvalue weighted by molar-refractivity contribution is -0.852. The van der Waals surface area contributed by atoms with Crippen molar-refractivity contribution in [2.75, 3.05) is 19.6 Å². The SMILES string of the molecule is CCCCC1CC[N+](C#N)(CC)C1. The van der Waals surface area contributed by atoms with Gasteiger partial charge in [0.1, 0.15) is 0 Å². The van der Waals surface area contributed by atoms with Crippen molar-refractivity contribution >= 4 is 0 Å². The summed E-state index contributed by atoms with van der Waals surface area (Å²) in [6.07, 6.45) is 7.69. The van der Waals surface area contributed by atoms with E-state index in [-0.39, 0.29) is 0 Å². The second-order valence-electron chi connectivity index (χ2n) is 4.26. The van der Waals surface area contributed by atoms with Gasteiger partial charge in [-0.15, -0.1) is 5.26 Å². The Kier molecular flexibility index (Phi) is 3.74. The van der Waals surface area contributed by atoms with Gasteiger partial charge < -0.3 is 0 Å². The Labute approximate surface area is 81.7 Å². The van der Waals surface area contributed by atoms with Crippen molar-refractivity contribution in [3.63, 3.8) is 0 Å². The average molecular weight is 181 g/mol. The minimum absolute atomic E-state index is 0.703. The van der Waals surface area contributed by atoms with E-state index >= 15 is 0 Å².